The zero-order chi connectivity index (χ0) is 13.0. The molecule has 0 bridgehead atoms. The number of hydrogen-bond donors (Lipinski definition) is 0. The molecule has 0 fully saturated rings. The summed E-state index contributed by atoms with van der Waals surface area (Å²) < 4.78 is 5.19. The Bertz CT molecular complexity index is 447. The second kappa shape index (κ2) is 5.62. The number of carbonyl (C=O) groups is 2. The number of Topliss-reactive ketones (excluding diaryl/α,β-unsaturated/α-hetero) is 2. The lowest BCUT2D eigenvalue weighted by Gasteiger charge is -2.10. The maximum atomic E-state index is 11.9. The van der Waals surface area contributed by atoms with Crippen LogP contribution in [0, 0.1) is 13.8 Å². The molecule has 0 radical (unpaired) electrons. The summed E-state index contributed by atoms with van der Waals surface area (Å²) in [4.78, 5) is 22.8. The van der Waals surface area contributed by atoms with E-state index < -0.39 is 0 Å². The molecule has 0 atom stereocenters. The third kappa shape index (κ3) is 3.41. The zero-order valence-corrected chi connectivity index (χ0v) is 10.8. The highest BCUT2D eigenvalue weighted by Crippen LogP contribution is 2.23. The molecule has 92 valence electrons. The van der Waals surface area contributed by atoms with Crippen molar-refractivity contribution in [3.63, 3.8) is 0 Å². The second-order valence-corrected chi connectivity index (χ2v) is 4.26. The van der Waals surface area contributed by atoms with E-state index in [2.05, 4.69) is 0 Å². The van der Waals surface area contributed by atoms with E-state index >= 15 is 0 Å². The van der Waals surface area contributed by atoms with E-state index in [1.165, 1.54) is 6.92 Å². The first-order valence-electron chi connectivity index (χ1n) is 5.63. The Kier molecular flexibility index (Phi) is 4.44. The lowest BCUT2D eigenvalue weighted by molar-refractivity contribution is -0.116. The van der Waals surface area contributed by atoms with Gasteiger partial charge in [0.05, 0.1) is 7.11 Å². The van der Waals surface area contributed by atoms with Crippen molar-refractivity contribution in [2.75, 3.05) is 7.11 Å². The van der Waals surface area contributed by atoms with Crippen LogP contribution in [0.25, 0.3) is 0 Å². The third-order valence-electron chi connectivity index (χ3n) is 2.75. The first-order chi connectivity index (χ1) is 7.95. The maximum Gasteiger partial charge on any atom is 0.163 e. The monoisotopic (exact) mass is 234 g/mol. The molecule has 1 aromatic rings. The molecule has 1 aromatic carbocycles. The number of benzene rings is 1. The van der Waals surface area contributed by atoms with Crippen LogP contribution in [0.15, 0.2) is 12.1 Å². The van der Waals surface area contributed by atoms with E-state index in [-0.39, 0.29) is 18.0 Å². The van der Waals surface area contributed by atoms with Gasteiger partial charge in [0.1, 0.15) is 11.5 Å². The van der Waals surface area contributed by atoms with Gasteiger partial charge in [0.2, 0.25) is 0 Å². The SMILES string of the molecule is COc1cc(C)c(C(=O)CCC(C)=O)cc1C. The summed E-state index contributed by atoms with van der Waals surface area (Å²) in [6.45, 7) is 5.28. The number of methoxy groups -OCH3 is 1. The van der Waals surface area contributed by atoms with Gasteiger partial charge in [-0.05, 0) is 44.0 Å². The van der Waals surface area contributed by atoms with Crippen molar-refractivity contribution in [1.29, 1.82) is 0 Å². The van der Waals surface area contributed by atoms with Gasteiger partial charge in [-0.15, -0.1) is 0 Å². The molecule has 0 spiro atoms. The average molecular weight is 234 g/mol. The fourth-order valence-electron chi connectivity index (χ4n) is 1.73. The Morgan fingerprint density at radius 2 is 1.76 bits per heavy atom. The average Bonchev–Trinajstić information content (AvgIpc) is 2.28. The molecule has 0 aliphatic carbocycles. The molecule has 0 saturated carbocycles. The largest absolute Gasteiger partial charge is 0.496 e. The highest BCUT2D eigenvalue weighted by Gasteiger charge is 2.12. The number of rotatable bonds is 5. The van der Waals surface area contributed by atoms with Gasteiger partial charge in [0, 0.05) is 18.4 Å². The Balaban J connectivity index is 2.94. The Morgan fingerprint density at radius 1 is 1.12 bits per heavy atom. The molecule has 17 heavy (non-hydrogen) atoms. The molecule has 3 nitrogen and oxygen atoms in total. The van der Waals surface area contributed by atoms with Crippen LogP contribution >= 0.6 is 0 Å². The lowest BCUT2D eigenvalue weighted by Crippen LogP contribution is -2.05. The highest BCUT2D eigenvalue weighted by atomic mass is 16.5. The van der Waals surface area contributed by atoms with Crippen molar-refractivity contribution in [2.45, 2.75) is 33.6 Å². The quantitative estimate of drug-likeness (QED) is 0.736. The van der Waals surface area contributed by atoms with Gasteiger partial charge in [-0.25, -0.2) is 0 Å². The predicted octanol–water partition coefficient (Wildman–Crippen LogP) is 2.86. The van der Waals surface area contributed by atoms with Gasteiger partial charge in [-0.2, -0.15) is 0 Å². The van der Waals surface area contributed by atoms with E-state index in [1.54, 1.807) is 7.11 Å². The van der Waals surface area contributed by atoms with E-state index in [1.807, 2.05) is 26.0 Å². The molecular weight excluding hydrogens is 216 g/mol. The van der Waals surface area contributed by atoms with Crippen LogP contribution in [0.5, 0.6) is 5.75 Å². The Morgan fingerprint density at radius 3 is 2.29 bits per heavy atom. The molecule has 1 rings (SSSR count). The van der Waals surface area contributed by atoms with Crippen LogP contribution in [-0.2, 0) is 4.79 Å². The number of aryl methyl sites for hydroxylation is 2. The van der Waals surface area contributed by atoms with Crippen LogP contribution < -0.4 is 4.74 Å². The lowest BCUT2D eigenvalue weighted by atomic mass is 9.98. The summed E-state index contributed by atoms with van der Waals surface area (Å²) >= 11 is 0. The fourth-order valence-corrected chi connectivity index (χ4v) is 1.73. The molecule has 3 heteroatoms. The van der Waals surface area contributed by atoms with E-state index in [9.17, 15) is 9.59 Å². The maximum absolute atomic E-state index is 11.9. The summed E-state index contributed by atoms with van der Waals surface area (Å²) in [5.41, 5.74) is 2.51. The first-order valence-corrected chi connectivity index (χ1v) is 5.63. The summed E-state index contributed by atoms with van der Waals surface area (Å²) in [5.74, 6) is 0.843. The van der Waals surface area contributed by atoms with Crippen LogP contribution in [0.3, 0.4) is 0 Å². The Labute approximate surface area is 102 Å². The second-order valence-electron chi connectivity index (χ2n) is 4.26. The summed E-state index contributed by atoms with van der Waals surface area (Å²) in [6, 6.07) is 3.69. The van der Waals surface area contributed by atoms with Crippen molar-refractivity contribution in [2.24, 2.45) is 0 Å². The zero-order valence-electron chi connectivity index (χ0n) is 10.8. The minimum atomic E-state index is 0.0171. The minimum Gasteiger partial charge on any atom is -0.496 e. The fraction of sp³-hybridized carbons (Fsp3) is 0.429. The standard InChI is InChI=1S/C14H18O3/c1-9-8-14(17-4)10(2)7-12(9)13(16)6-5-11(3)15/h7-8H,5-6H2,1-4H3. The van der Waals surface area contributed by atoms with Crippen LogP contribution in [0.2, 0.25) is 0 Å². The molecule has 0 N–H and O–H groups in total. The van der Waals surface area contributed by atoms with Crippen LogP contribution in [0.1, 0.15) is 41.3 Å². The topological polar surface area (TPSA) is 43.4 Å². The summed E-state index contributed by atoms with van der Waals surface area (Å²) in [7, 11) is 1.61. The molecule has 0 saturated heterocycles. The minimum absolute atomic E-state index is 0.0171. The molecule has 0 heterocycles. The van der Waals surface area contributed by atoms with Crippen molar-refractivity contribution >= 4 is 11.6 Å². The van der Waals surface area contributed by atoms with E-state index in [0.717, 1.165) is 16.9 Å². The predicted molar refractivity (Wildman–Crippen MR) is 66.7 cm³/mol. The van der Waals surface area contributed by atoms with Gasteiger partial charge in [0.25, 0.3) is 0 Å². The van der Waals surface area contributed by atoms with Gasteiger partial charge in [-0.3, -0.25) is 4.79 Å². The van der Waals surface area contributed by atoms with Gasteiger partial charge in [-0.1, -0.05) is 0 Å². The first kappa shape index (κ1) is 13.4. The number of carbonyl (C=O) groups excluding carboxylic acids is 2. The normalized spacial score (nSPS) is 10.1. The van der Waals surface area contributed by atoms with E-state index in [4.69, 9.17) is 4.74 Å². The summed E-state index contributed by atoms with van der Waals surface area (Å²) in [6.07, 6.45) is 0.589. The van der Waals surface area contributed by atoms with Crippen molar-refractivity contribution in [1.82, 2.24) is 0 Å². The van der Waals surface area contributed by atoms with Crippen molar-refractivity contribution in [3.05, 3.63) is 28.8 Å². The van der Waals surface area contributed by atoms with Gasteiger partial charge >= 0.3 is 0 Å². The Hall–Kier alpha value is -1.64. The summed E-state index contributed by atoms with van der Waals surface area (Å²) in [5, 5.41) is 0. The van der Waals surface area contributed by atoms with Gasteiger partial charge in [0.15, 0.2) is 5.78 Å². The third-order valence-corrected chi connectivity index (χ3v) is 2.75. The molecule has 0 unspecified atom stereocenters. The highest BCUT2D eigenvalue weighted by molar-refractivity contribution is 5.99. The number of ketones is 2. The molecule has 0 aromatic heterocycles. The van der Waals surface area contributed by atoms with Crippen LogP contribution in [0.4, 0.5) is 0 Å². The van der Waals surface area contributed by atoms with E-state index in [0.29, 0.717) is 12.0 Å². The number of hydrogen-bond acceptors (Lipinski definition) is 3. The molecule has 0 amide bonds. The molecular formula is C14H18O3. The molecule has 0 aliphatic rings. The van der Waals surface area contributed by atoms with Gasteiger partial charge < -0.3 is 9.53 Å². The molecule has 0 aliphatic heterocycles. The number of ether oxygens (including phenoxy) is 1. The van der Waals surface area contributed by atoms with Crippen molar-refractivity contribution in [3.8, 4) is 5.75 Å². The van der Waals surface area contributed by atoms with Crippen molar-refractivity contribution < 1.29 is 14.3 Å². The van der Waals surface area contributed by atoms with Crippen LogP contribution in [-0.4, -0.2) is 18.7 Å². The smallest absolute Gasteiger partial charge is 0.163 e.